The lowest BCUT2D eigenvalue weighted by Gasteiger charge is -2.27. The molecule has 0 bridgehead atoms. The first-order valence-electron chi connectivity index (χ1n) is 6.82. The van der Waals surface area contributed by atoms with Crippen molar-refractivity contribution < 1.29 is 5.11 Å². The van der Waals surface area contributed by atoms with E-state index >= 15 is 0 Å². The fourth-order valence-corrected chi connectivity index (χ4v) is 3.70. The van der Waals surface area contributed by atoms with Crippen molar-refractivity contribution in [2.75, 3.05) is 7.05 Å². The molecule has 3 atom stereocenters. The molecule has 1 aliphatic carbocycles. The number of rotatable bonds is 4. The molecule has 18 heavy (non-hydrogen) atoms. The van der Waals surface area contributed by atoms with Crippen LogP contribution in [-0.2, 0) is 0 Å². The maximum atomic E-state index is 10.0. The first-order valence-corrected chi connectivity index (χ1v) is 7.70. The summed E-state index contributed by atoms with van der Waals surface area (Å²) in [6, 6.07) is 9.04. The first-order chi connectivity index (χ1) is 8.70. The largest absolute Gasteiger partial charge is 0.392 e. The molecule has 0 spiro atoms. The van der Waals surface area contributed by atoms with Crippen LogP contribution in [0.3, 0.4) is 0 Å². The Labute approximate surface area is 114 Å². The lowest BCUT2D eigenvalue weighted by atomic mass is 9.97. The Bertz CT molecular complexity index is 383. The van der Waals surface area contributed by atoms with Crippen LogP contribution in [0.2, 0.25) is 0 Å². The van der Waals surface area contributed by atoms with Gasteiger partial charge in [-0.1, -0.05) is 25.0 Å². The van der Waals surface area contributed by atoms with Crippen molar-refractivity contribution in [1.29, 1.82) is 0 Å². The highest BCUT2D eigenvalue weighted by Crippen LogP contribution is 2.34. The molecule has 0 saturated heterocycles. The van der Waals surface area contributed by atoms with Crippen molar-refractivity contribution in [3.8, 4) is 0 Å². The second-order valence-corrected chi connectivity index (χ2v) is 6.40. The van der Waals surface area contributed by atoms with E-state index in [9.17, 15) is 5.11 Å². The molecule has 0 heterocycles. The molecule has 2 N–H and O–H groups in total. The van der Waals surface area contributed by atoms with Crippen LogP contribution in [0.5, 0.6) is 0 Å². The van der Waals surface area contributed by atoms with Gasteiger partial charge in [0.1, 0.15) is 0 Å². The SMILES string of the molecule is CNC(C)c1cccc(SC2CCCCC2O)c1. The molecule has 0 aromatic heterocycles. The average molecular weight is 265 g/mol. The average Bonchev–Trinajstić information content (AvgIpc) is 2.41. The summed E-state index contributed by atoms with van der Waals surface area (Å²) in [6.45, 7) is 2.17. The molecule has 0 amide bonds. The first kappa shape index (κ1) is 13.9. The van der Waals surface area contributed by atoms with Gasteiger partial charge in [-0.15, -0.1) is 11.8 Å². The highest BCUT2D eigenvalue weighted by atomic mass is 32.2. The topological polar surface area (TPSA) is 32.3 Å². The van der Waals surface area contributed by atoms with E-state index in [1.54, 1.807) is 0 Å². The van der Waals surface area contributed by atoms with E-state index in [0.29, 0.717) is 11.3 Å². The van der Waals surface area contributed by atoms with E-state index in [1.165, 1.54) is 23.3 Å². The molecule has 2 rings (SSSR count). The number of thioether (sulfide) groups is 1. The minimum absolute atomic E-state index is 0.130. The minimum atomic E-state index is -0.130. The zero-order valence-corrected chi connectivity index (χ0v) is 12.0. The monoisotopic (exact) mass is 265 g/mol. The van der Waals surface area contributed by atoms with Crippen LogP contribution >= 0.6 is 11.8 Å². The Morgan fingerprint density at radius 2 is 2.11 bits per heavy atom. The fourth-order valence-electron chi connectivity index (χ4n) is 2.41. The highest BCUT2D eigenvalue weighted by Gasteiger charge is 2.23. The summed E-state index contributed by atoms with van der Waals surface area (Å²) in [5.74, 6) is 0. The second-order valence-electron chi connectivity index (χ2n) is 5.09. The normalized spacial score (nSPS) is 25.9. The third kappa shape index (κ3) is 3.50. The maximum Gasteiger partial charge on any atom is 0.0662 e. The van der Waals surface area contributed by atoms with Crippen molar-refractivity contribution in [3.05, 3.63) is 29.8 Å². The number of hydrogen-bond donors (Lipinski definition) is 2. The van der Waals surface area contributed by atoms with Crippen molar-refractivity contribution >= 4 is 11.8 Å². The molecule has 1 aromatic rings. The van der Waals surface area contributed by atoms with Crippen LogP contribution in [0.25, 0.3) is 0 Å². The summed E-state index contributed by atoms with van der Waals surface area (Å²) in [7, 11) is 1.98. The lowest BCUT2D eigenvalue weighted by molar-refractivity contribution is 0.137. The van der Waals surface area contributed by atoms with Crippen LogP contribution in [0, 0.1) is 0 Å². The number of hydrogen-bond acceptors (Lipinski definition) is 3. The van der Waals surface area contributed by atoms with Gasteiger partial charge >= 0.3 is 0 Å². The van der Waals surface area contributed by atoms with Crippen molar-refractivity contribution in [1.82, 2.24) is 5.32 Å². The smallest absolute Gasteiger partial charge is 0.0662 e. The van der Waals surface area contributed by atoms with E-state index in [0.717, 1.165) is 12.8 Å². The molecule has 1 aromatic carbocycles. The summed E-state index contributed by atoms with van der Waals surface area (Å²) in [5, 5.41) is 13.7. The zero-order valence-electron chi connectivity index (χ0n) is 11.2. The summed E-state index contributed by atoms with van der Waals surface area (Å²) < 4.78 is 0. The minimum Gasteiger partial charge on any atom is -0.392 e. The third-order valence-electron chi connectivity index (χ3n) is 3.75. The predicted octanol–water partition coefficient (Wildman–Crippen LogP) is 3.36. The predicted molar refractivity (Wildman–Crippen MR) is 78.0 cm³/mol. The molecule has 1 fully saturated rings. The van der Waals surface area contributed by atoms with E-state index < -0.39 is 0 Å². The van der Waals surface area contributed by atoms with E-state index in [4.69, 9.17) is 0 Å². The van der Waals surface area contributed by atoms with E-state index in [-0.39, 0.29) is 6.10 Å². The Morgan fingerprint density at radius 3 is 2.83 bits per heavy atom. The number of aliphatic hydroxyl groups is 1. The molecule has 0 radical (unpaired) electrons. The summed E-state index contributed by atoms with van der Waals surface area (Å²) >= 11 is 1.84. The Balaban J connectivity index is 2.04. The molecular weight excluding hydrogens is 242 g/mol. The van der Waals surface area contributed by atoms with Gasteiger partial charge in [-0.05, 0) is 44.5 Å². The van der Waals surface area contributed by atoms with Crippen molar-refractivity contribution in [3.63, 3.8) is 0 Å². The highest BCUT2D eigenvalue weighted by molar-refractivity contribution is 8.00. The van der Waals surface area contributed by atoms with Gasteiger partial charge < -0.3 is 10.4 Å². The standard InChI is InChI=1S/C15H23NOS/c1-11(16-2)12-6-5-7-13(10-12)18-15-9-4-3-8-14(15)17/h5-7,10-11,14-17H,3-4,8-9H2,1-2H3. The van der Waals surface area contributed by atoms with Crippen molar-refractivity contribution in [2.45, 2.75) is 54.9 Å². The Kier molecular flexibility index (Phi) is 5.10. The van der Waals surface area contributed by atoms with Gasteiger partial charge in [0.05, 0.1) is 6.10 Å². The van der Waals surface area contributed by atoms with E-state index in [2.05, 4.69) is 36.5 Å². The molecule has 2 nitrogen and oxygen atoms in total. The second kappa shape index (κ2) is 6.60. The summed E-state index contributed by atoms with van der Waals surface area (Å²) in [4.78, 5) is 1.28. The van der Waals surface area contributed by atoms with Gasteiger partial charge in [-0.25, -0.2) is 0 Å². The van der Waals surface area contributed by atoms with Gasteiger partial charge in [-0.3, -0.25) is 0 Å². The molecule has 0 aliphatic heterocycles. The number of benzene rings is 1. The molecule has 1 aliphatic rings. The molecular formula is C15H23NOS. The molecule has 3 unspecified atom stereocenters. The van der Waals surface area contributed by atoms with Crippen LogP contribution < -0.4 is 5.32 Å². The molecule has 3 heteroatoms. The quantitative estimate of drug-likeness (QED) is 0.875. The zero-order chi connectivity index (χ0) is 13.0. The fraction of sp³-hybridized carbons (Fsp3) is 0.600. The van der Waals surface area contributed by atoms with Gasteiger partial charge in [0.15, 0.2) is 0 Å². The van der Waals surface area contributed by atoms with Crippen molar-refractivity contribution in [2.24, 2.45) is 0 Å². The maximum absolute atomic E-state index is 10.0. The Morgan fingerprint density at radius 1 is 1.33 bits per heavy atom. The van der Waals surface area contributed by atoms with Gasteiger partial charge in [0.25, 0.3) is 0 Å². The summed E-state index contributed by atoms with van der Waals surface area (Å²) in [5.41, 5.74) is 1.31. The van der Waals surface area contributed by atoms with Crippen LogP contribution in [0.15, 0.2) is 29.2 Å². The number of aliphatic hydroxyl groups excluding tert-OH is 1. The Hall–Kier alpha value is -0.510. The summed E-state index contributed by atoms with van der Waals surface area (Å²) in [6.07, 6.45) is 4.40. The van der Waals surface area contributed by atoms with Crippen LogP contribution in [0.1, 0.15) is 44.2 Å². The number of nitrogens with one attached hydrogen (secondary N) is 1. The molecule has 1 saturated carbocycles. The molecule has 100 valence electrons. The lowest BCUT2D eigenvalue weighted by Crippen LogP contribution is -2.26. The van der Waals surface area contributed by atoms with Gasteiger partial charge in [0, 0.05) is 16.2 Å². The van der Waals surface area contributed by atoms with Gasteiger partial charge in [0.2, 0.25) is 0 Å². The third-order valence-corrected chi connectivity index (χ3v) is 5.12. The van der Waals surface area contributed by atoms with Gasteiger partial charge in [-0.2, -0.15) is 0 Å². The van der Waals surface area contributed by atoms with Crippen LogP contribution in [0.4, 0.5) is 0 Å². The van der Waals surface area contributed by atoms with Crippen LogP contribution in [-0.4, -0.2) is 23.5 Å². The van der Waals surface area contributed by atoms with E-state index in [1.807, 2.05) is 18.8 Å².